The molecule has 2 rings (SSSR count). The van der Waals surface area contributed by atoms with Crippen molar-refractivity contribution in [1.29, 1.82) is 0 Å². The second-order valence-electron chi connectivity index (χ2n) is 5.04. The van der Waals surface area contributed by atoms with Gasteiger partial charge in [0.05, 0.1) is 16.2 Å². The zero-order chi connectivity index (χ0) is 13.2. The van der Waals surface area contributed by atoms with E-state index in [1.54, 1.807) is 31.4 Å². The third kappa shape index (κ3) is 2.59. The molecule has 1 aromatic rings. The van der Waals surface area contributed by atoms with Crippen LogP contribution in [0.15, 0.2) is 35.2 Å². The number of hydrogen-bond donors (Lipinski definition) is 0. The molecule has 4 heteroatoms. The summed E-state index contributed by atoms with van der Waals surface area (Å²) in [4.78, 5) is 0.429. The van der Waals surface area contributed by atoms with Crippen molar-refractivity contribution >= 4 is 9.84 Å². The fourth-order valence-corrected chi connectivity index (χ4v) is 4.78. The molecule has 0 aromatic heterocycles. The Labute approximate surface area is 109 Å². The molecule has 0 bridgehead atoms. The lowest BCUT2D eigenvalue weighted by Gasteiger charge is -2.33. The maximum atomic E-state index is 12.6. The van der Waals surface area contributed by atoms with Gasteiger partial charge in [0, 0.05) is 7.11 Å². The topological polar surface area (TPSA) is 43.4 Å². The average molecular weight is 268 g/mol. The Morgan fingerprint density at radius 3 is 2.44 bits per heavy atom. The fourth-order valence-electron chi connectivity index (χ4n) is 2.68. The van der Waals surface area contributed by atoms with Crippen LogP contribution in [0.4, 0.5) is 0 Å². The standard InChI is InChI=1S/C14H20O3S/c1-11-8-9-12(17-2)10-14(11)18(15,16)13-6-4-3-5-7-13/h3-7,11-12,14H,8-10H2,1-2H3/t11-,12?,14?/m0/s1. The molecule has 0 saturated heterocycles. The molecule has 0 heterocycles. The Bertz CT molecular complexity index is 481. The maximum absolute atomic E-state index is 12.6. The first-order valence-corrected chi connectivity index (χ1v) is 7.92. The summed E-state index contributed by atoms with van der Waals surface area (Å²) in [6.07, 6.45) is 2.55. The van der Waals surface area contributed by atoms with Gasteiger partial charge in [-0.3, -0.25) is 0 Å². The summed E-state index contributed by atoms with van der Waals surface area (Å²) in [6.45, 7) is 2.02. The van der Waals surface area contributed by atoms with Crippen LogP contribution >= 0.6 is 0 Å². The zero-order valence-corrected chi connectivity index (χ0v) is 11.7. The van der Waals surface area contributed by atoms with E-state index in [0.29, 0.717) is 11.3 Å². The fraction of sp³-hybridized carbons (Fsp3) is 0.571. The van der Waals surface area contributed by atoms with Crippen LogP contribution in [0.5, 0.6) is 0 Å². The summed E-state index contributed by atoms with van der Waals surface area (Å²) >= 11 is 0. The molecule has 2 unspecified atom stereocenters. The highest BCUT2D eigenvalue weighted by Crippen LogP contribution is 2.33. The van der Waals surface area contributed by atoms with Crippen LogP contribution in [0.2, 0.25) is 0 Å². The third-order valence-corrected chi connectivity index (χ3v) is 6.26. The Morgan fingerprint density at radius 1 is 1.17 bits per heavy atom. The van der Waals surface area contributed by atoms with Crippen molar-refractivity contribution in [2.75, 3.05) is 7.11 Å². The van der Waals surface area contributed by atoms with Crippen molar-refractivity contribution in [3.63, 3.8) is 0 Å². The second kappa shape index (κ2) is 5.41. The van der Waals surface area contributed by atoms with E-state index in [4.69, 9.17) is 4.74 Å². The Balaban J connectivity index is 2.29. The monoisotopic (exact) mass is 268 g/mol. The van der Waals surface area contributed by atoms with Gasteiger partial charge < -0.3 is 4.74 Å². The van der Waals surface area contributed by atoms with E-state index in [1.807, 2.05) is 13.0 Å². The van der Waals surface area contributed by atoms with Gasteiger partial charge in [0.2, 0.25) is 0 Å². The highest BCUT2D eigenvalue weighted by molar-refractivity contribution is 7.92. The Kier molecular flexibility index (Phi) is 4.07. The van der Waals surface area contributed by atoms with E-state index >= 15 is 0 Å². The number of benzene rings is 1. The summed E-state index contributed by atoms with van der Waals surface area (Å²) in [7, 11) is -1.57. The quantitative estimate of drug-likeness (QED) is 0.846. The van der Waals surface area contributed by atoms with Gasteiger partial charge in [-0.2, -0.15) is 0 Å². The molecule has 100 valence electrons. The van der Waals surface area contributed by atoms with Crippen LogP contribution in [-0.2, 0) is 14.6 Å². The SMILES string of the molecule is COC1CC[C@H](C)C(S(=O)(=O)c2ccccc2)C1. The summed E-state index contributed by atoms with van der Waals surface area (Å²) in [5.74, 6) is 0.196. The number of sulfone groups is 1. The molecular formula is C14H20O3S. The summed E-state index contributed by atoms with van der Waals surface area (Å²) in [5.41, 5.74) is 0. The molecule has 0 amide bonds. The average Bonchev–Trinajstić information content (AvgIpc) is 2.40. The number of hydrogen-bond acceptors (Lipinski definition) is 3. The molecule has 1 aliphatic carbocycles. The largest absolute Gasteiger partial charge is 0.381 e. The molecule has 0 N–H and O–H groups in total. The van der Waals surface area contributed by atoms with Crippen LogP contribution in [0.25, 0.3) is 0 Å². The maximum Gasteiger partial charge on any atom is 0.181 e. The van der Waals surface area contributed by atoms with Crippen molar-refractivity contribution in [3.05, 3.63) is 30.3 Å². The predicted molar refractivity (Wildman–Crippen MR) is 71.2 cm³/mol. The smallest absolute Gasteiger partial charge is 0.181 e. The van der Waals surface area contributed by atoms with E-state index in [-0.39, 0.29) is 17.3 Å². The lowest BCUT2D eigenvalue weighted by atomic mass is 9.88. The molecule has 18 heavy (non-hydrogen) atoms. The molecule has 3 nitrogen and oxygen atoms in total. The minimum Gasteiger partial charge on any atom is -0.381 e. The predicted octanol–water partition coefficient (Wildman–Crippen LogP) is 2.66. The van der Waals surface area contributed by atoms with E-state index in [0.717, 1.165) is 12.8 Å². The van der Waals surface area contributed by atoms with Gasteiger partial charge in [-0.05, 0) is 37.3 Å². The van der Waals surface area contributed by atoms with Crippen molar-refractivity contribution in [2.24, 2.45) is 5.92 Å². The van der Waals surface area contributed by atoms with Crippen LogP contribution < -0.4 is 0 Å². The number of ether oxygens (including phenoxy) is 1. The third-order valence-electron chi connectivity index (χ3n) is 3.88. The van der Waals surface area contributed by atoms with Gasteiger partial charge in [-0.15, -0.1) is 0 Å². The summed E-state index contributed by atoms with van der Waals surface area (Å²) in [5, 5.41) is -0.321. The van der Waals surface area contributed by atoms with E-state index in [9.17, 15) is 8.42 Å². The van der Waals surface area contributed by atoms with Crippen LogP contribution in [0.1, 0.15) is 26.2 Å². The van der Waals surface area contributed by atoms with E-state index < -0.39 is 9.84 Å². The first-order chi connectivity index (χ1) is 8.55. The molecule has 0 spiro atoms. The second-order valence-corrected chi connectivity index (χ2v) is 7.21. The molecule has 1 fully saturated rings. The highest BCUT2D eigenvalue weighted by Gasteiger charge is 2.37. The lowest BCUT2D eigenvalue weighted by molar-refractivity contribution is 0.0608. The van der Waals surface area contributed by atoms with Crippen molar-refractivity contribution in [3.8, 4) is 0 Å². The van der Waals surface area contributed by atoms with Gasteiger partial charge in [0.15, 0.2) is 9.84 Å². The van der Waals surface area contributed by atoms with Crippen molar-refractivity contribution in [1.82, 2.24) is 0 Å². The molecule has 3 atom stereocenters. The van der Waals surface area contributed by atoms with Crippen molar-refractivity contribution < 1.29 is 13.2 Å². The number of rotatable bonds is 3. The van der Waals surface area contributed by atoms with Crippen LogP contribution in [0.3, 0.4) is 0 Å². The normalized spacial score (nSPS) is 29.1. The van der Waals surface area contributed by atoms with Gasteiger partial charge in [0.25, 0.3) is 0 Å². The van der Waals surface area contributed by atoms with Gasteiger partial charge in [0.1, 0.15) is 0 Å². The van der Waals surface area contributed by atoms with Crippen LogP contribution in [-0.4, -0.2) is 26.9 Å². The van der Waals surface area contributed by atoms with Crippen LogP contribution in [0, 0.1) is 5.92 Å². The first kappa shape index (κ1) is 13.6. The highest BCUT2D eigenvalue weighted by atomic mass is 32.2. The molecule has 0 radical (unpaired) electrons. The summed E-state index contributed by atoms with van der Waals surface area (Å²) < 4.78 is 30.5. The molecule has 0 aliphatic heterocycles. The Hall–Kier alpha value is -0.870. The van der Waals surface area contributed by atoms with E-state index in [2.05, 4.69) is 0 Å². The van der Waals surface area contributed by atoms with Gasteiger partial charge in [-0.1, -0.05) is 25.1 Å². The first-order valence-electron chi connectivity index (χ1n) is 6.37. The minimum atomic E-state index is -3.23. The van der Waals surface area contributed by atoms with Crippen molar-refractivity contribution in [2.45, 2.75) is 42.4 Å². The molecule has 1 aliphatic rings. The number of methoxy groups -OCH3 is 1. The lowest BCUT2D eigenvalue weighted by Crippen LogP contribution is -2.37. The Morgan fingerprint density at radius 2 is 1.83 bits per heavy atom. The minimum absolute atomic E-state index is 0.0738. The molecule has 1 saturated carbocycles. The molecular weight excluding hydrogens is 248 g/mol. The summed E-state index contributed by atoms with van der Waals surface area (Å²) in [6, 6.07) is 8.74. The van der Waals surface area contributed by atoms with E-state index in [1.165, 1.54) is 0 Å². The van der Waals surface area contributed by atoms with Gasteiger partial charge >= 0.3 is 0 Å². The zero-order valence-electron chi connectivity index (χ0n) is 10.9. The van der Waals surface area contributed by atoms with Gasteiger partial charge in [-0.25, -0.2) is 8.42 Å². The molecule has 1 aromatic carbocycles.